The summed E-state index contributed by atoms with van der Waals surface area (Å²) in [5.74, 6) is 1.44. The van der Waals surface area contributed by atoms with Crippen LogP contribution in [0.3, 0.4) is 0 Å². The highest BCUT2D eigenvalue weighted by Gasteiger charge is 2.01. The predicted molar refractivity (Wildman–Crippen MR) is 76.7 cm³/mol. The SMILES string of the molecule is CNC(O)Nc1ccc(Oc2ccc(Cl)cc2)cc1. The fraction of sp³-hybridized carbons (Fsp3) is 0.143. The largest absolute Gasteiger partial charge is 0.457 e. The molecule has 2 aromatic carbocycles. The Morgan fingerprint density at radius 3 is 2.05 bits per heavy atom. The molecule has 0 aliphatic carbocycles. The van der Waals surface area contributed by atoms with Crippen LogP contribution >= 0.6 is 11.6 Å². The maximum absolute atomic E-state index is 9.38. The summed E-state index contributed by atoms with van der Waals surface area (Å²) in [5.41, 5.74) is 0.797. The average molecular weight is 279 g/mol. The fourth-order valence-corrected chi connectivity index (χ4v) is 1.61. The molecular formula is C14H15ClN2O2. The van der Waals surface area contributed by atoms with Gasteiger partial charge in [-0.05, 0) is 55.6 Å². The predicted octanol–water partition coefficient (Wildman–Crippen LogP) is 3.04. The van der Waals surface area contributed by atoms with E-state index in [1.165, 1.54) is 0 Å². The van der Waals surface area contributed by atoms with Gasteiger partial charge in [0.2, 0.25) is 0 Å². The van der Waals surface area contributed by atoms with Crippen LogP contribution in [0.15, 0.2) is 48.5 Å². The van der Waals surface area contributed by atoms with E-state index in [1.807, 2.05) is 24.3 Å². The van der Waals surface area contributed by atoms with Crippen LogP contribution in [0.25, 0.3) is 0 Å². The summed E-state index contributed by atoms with van der Waals surface area (Å²) in [6.07, 6.45) is -0.775. The van der Waals surface area contributed by atoms with Gasteiger partial charge in [0.15, 0.2) is 6.35 Å². The zero-order chi connectivity index (χ0) is 13.7. The van der Waals surface area contributed by atoms with E-state index in [0.29, 0.717) is 10.8 Å². The number of hydrogen-bond acceptors (Lipinski definition) is 4. The molecule has 0 saturated carbocycles. The Morgan fingerprint density at radius 2 is 1.53 bits per heavy atom. The average Bonchev–Trinajstić information content (AvgIpc) is 2.43. The van der Waals surface area contributed by atoms with Gasteiger partial charge in [0.25, 0.3) is 0 Å². The van der Waals surface area contributed by atoms with Crippen LogP contribution < -0.4 is 15.4 Å². The van der Waals surface area contributed by atoms with Crippen molar-refractivity contribution >= 4 is 17.3 Å². The first-order chi connectivity index (χ1) is 9.17. The summed E-state index contributed by atoms with van der Waals surface area (Å²) in [6.45, 7) is 0. The Hall–Kier alpha value is -1.75. The third-order valence-electron chi connectivity index (χ3n) is 2.48. The molecule has 0 aliphatic heterocycles. The third-order valence-corrected chi connectivity index (χ3v) is 2.73. The third kappa shape index (κ3) is 4.13. The number of aliphatic hydroxyl groups is 1. The van der Waals surface area contributed by atoms with Crippen molar-refractivity contribution in [2.24, 2.45) is 0 Å². The summed E-state index contributed by atoms with van der Waals surface area (Å²) in [7, 11) is 1.66. The van der Waals surface area contributed by atoms with E-state index in [-0.39, 0.29) is 0 Å². The minimum Gasteiger partial charge on any atom is -0.457 e. The number of aliphatic hydroxyl groups excluding tert-OH is 1. The molecule has 100 valence electrons. The van der Waals surface area contributed by atoms with E-state index >= 15 is 0 Å². The smallest absolute Gasteiger partial charge is 0.181 e. The van der Waals surface area contributed by atoms with Crippen molar-refractivity contribution in [2.45, 2.75) is 6.35 Å². The Labute approximate surface area is 117 Å². The molecular weight excluding hydrogens is 264 g/mol. The van der Waals surface area contributed by atoms with Crippen LogP contribution in [0, 0.1) is 0 Å². The van der Waals surface area contributed by atoms with Crippen molar-refractivity contribution in [1.29, 1.82) is 0 Å². The maximum atomic E-state index is 9.38. The number of nitrogens with one attached hydrogen (secondary N) is 2. The first-order valence-electron chi connectivity index (χ1n) is 5.83. The molecule has 0 fully saturated rings. The first-order valence-corrected chi connectivity index (χ1v) is 6.20. The molecule has 0 aliphatic rings. The highest BCUT2D eigenvalue weighted by atomic mass is 35.5. The molecule has 1 atom stereocenters. The molecule has 5 heteroatoms. The van der Waals surface area contributed by atoms with Crippen molar-refractivity contribution in [2.75, 3.05) is 12.4 Å². The normalized spacial score (nSPS) is 11.9. The molecule has 0 radical (unpaired) electrons. The van der Waals surface area contributed by atoms with E-state index < -0.39 is 6.35 Å². The molecule has 0 saturated heterocycles. The number of hydrogen-bond donors (Lipinski definition) is 3. The molecule has 0 aromatic heterocycles. The van der Waals surface area contributed by atoms with Gasteiger partial charge in [-0.15, -0.1) is 0 Å². The van der Waals surface area contributed by atoms with Gasteiger partial charge in [0.05, 0.1) is 0 Å². The van der Waals surface area contributed by atoms with Crippen LogP contribution in [0.4, 0.5) is 5.69 Å². The Morgan fingerprint density at radius 1 is 1.00 bits per heavy atom. The van der Waals surface area contributed by atoms with Gasteiger partial charge in [0, 0.05) is 10.7 Å². The van der Waals surface area contributed by atoms with E-state index in [0.717, 1.165) is 11.4 Å². The van der Waals surface area contributed by atoms with Crippen LogP contribution in [0.1, 0.15) is 0 Å². The highest BCUT2D eigenvalue weighted by Crippen LogP contribution is 2.24. The summed E-state index contributed by atoms with van der Waals surface area (Å²) in [5, 5.41) is 15.6. The van der Waals surface area contributed by atoms with E-state index in [2.05, 4.69) is 10.6 Å². The zero-order valence-corrected chi connectivity index (χ0v) is 11.2. The van der Waals surface area contributed by atoms with Crippen molar-refractivity contribution in [3.05, 3.63) is 53.6 Å². The fourth-order valence-electron chi connectivity index (χ4n) is 1.49. The van der Waals surface area contributed by atoms with Crippen molar-refractivity contribution in [3.63, 3.8) is 0 Å². The van der Waals surface area contributed by atoms with Crippen molar-refractivity contribution in [1.82, 2.24) is 5.32 Å². The van der Waals surface area contributed by atoms with E-state index in [1.54, 1.807) is 31.3 Å². The lowest BCUT2D eigenvalue weighted by Crippen LogP contribution is -2.32. The minimum absolute atomic E-state index is 0.674. The molecule has 0 spiro atoms. The first kappa shape index (κ1) is 13.7. The summed E-state index contributed by atoms with van der Waals surface area (Å²) in [6, 6.07) is 14.4. The topological polar surface area (TPSA) is 53.5 Å². The second kappa shape index (κ2) is 6.43. The van der Waals surface area contributed by atoms with E-state index in [9.17, 15) is 5.11 Å². The van der Waals surface area contributed by atoms with Gasteiger partial charge in [-0.3, -0.25) is 5.32 Å². The second-order valence-electron chi connectivity index (χ2n) is 3.92. The van der Waals surface area contributed by atoms with Crippen LogP contribution in [-0.4, -0.2) is 18.5 Å². The van der Waals surface area contributed by atoms with Crippen LogP contribution in [0.2, 0.25) is 5.02 Å². The second-order valence-corrected chi connectivity index (χ2v) is 4.35. The number of ether oxygens (including phenoxy) is 1. The van der Waals surface area contributed by atoms with Gasteiger partial charge in [-0.2, -0.15) is 0 Å². The van der Waals surface area contributed by atoms with Gasteiger partial charge in [-0.1, -0.05) is 11.6 Å². The van der Waals surface area contributed by atoms with Gasteiger partial charge < -0.3 is 15.2 Å². The number of anilines is 1. The molecule has 0 amide bonds. The Bertz CT molecular complexity index is 514. The van der Waals surface area contributed by atoms with Crippen LogP contribution in [-0.2, 0) is 0 Å². The van der Waals surface area contributed by atoms with E-state index in [4.69, 9.17) is 16.3 Å². The van der Waals surface area contributed by atoms with Crippen LogP contribution in [0.5, 0.6) is 11.5 Å². The number of halogens is 1. The zero-order valence-electron chi connectivity index (χ0n) is 10.4. The number of benzene rings is 2. The minimum atomic E-state index is -0.775. The number of rotatable bonds is 5. The summed E-state index contributed by atoms with van der Waals surface area (Å²) < 4.78 is 5.66. The molecule has 2 rings (SSSR count). The summed E-state index contributed by atoms with van der Waals surface area (Å²) in [4.78, 5) is 0. The van der Waals surface area contributed by atoms with Gasteiger partial charge in [-0.25, -0.2) is 0 Å². The quantitative estimate of drug-likeness (QED) is 0.736. The molecule has 1 unspecified atom stereocenters. The standard InChI is InChI=1S/C14H15ClN2O2/c1-16-14(18)17-11-4-8-13(9-5-11)19-12-6-2-10(15)3-7-12/h2-9,14,16-18H,1H3. The Balaban J connectivity index is 2.00. The van der Waals surface area contributed by atoms with Gasteiger partial charge in [0.1, 0.15) is 11.5 Å². The molecule has 2 aromatic rings. The van der Waals surface area contributed by atoms with Crippen molar-refractivity contribution < 1.29 is 9.84 Å². The molecule has 19 heavy (non-hydrogen) atoms. The lowest BCUT2D eigenvalue weighted by atomic mass is 10.3. The monoisotopic (exact) mass is 278 g/mol. The lowest BCUT2D eigenvalue weighted by Gasteiger charge is -2.13. The van der Waals surface area contributed by atoms with Crippen molar-refractivity contribution in [3.8, 4) is 11.5 Å². The Kier molecular flexibility index (Phi) is 4.63. The molecule has 3 N–H and O–H groups in total. The highest BCUT2D eigenvalue weighted by molar-refractivity contribution is 6.30. The molecule has 0 heterocycles. The maximum Gasteiger partial charge on any atom is 0.181 e. The molecule has 0 bridgehead atoms. The lowest BCUT2D eigenvalue weighted by molar-refractivity contribution is 0.176. The molecule has 4 nitrogen and oxygen atoms in total. The van der Waals surface area contributed by atoms with Gasteiger partial charge >= 0.3 is 0 Å². The summed E-state index contributed by atoms with van der Waals surface area (Å²) >= 11 is 5.80.